The molecule has 1 aliphatic heterocycles. The molecular weight excluding hydrogens is 298 g/mol. The van der Waals surface area contributed by atoms with Crippen LogP contribution >= 0.6 is 0 Å². The summed E-state index contributed by atoms with van der Waals surface area (Å²) in [7, 11) is 0. The highest BCUT2D eigenvalue weighted by Gasteiger charge is 2.21. The van der Waals surface area contributed by atoms with E-state index in [1.807, 2.05) is 31.0 Å². The van der Waals surface area contributed by atoms with Gasteiger partial charge in [0.15, 0.2) is 0 Å². The molecule has 0 aliphatic carbocycles. The van der Waals surface area contributed by atoms with Gasteiger partial charge in [0.25, 0.3) is 0 Å². The molecule has 1 aliphatic rings. The van der Waals surface area contributed by atoms with Crippen molar-refractivity contribution in [2.45, 2.75) is 25.9 Å². The zero-order valence-corrected chi connectivity index (χ0v) is 13.8. The van der Waals surface area contributed by atoms with Crippen LogP contribution in [-0.4, -0.2) is 37.1 Å². The minimum Gasteiger partial charge on any atom is -0.337 e. The van der Waals surface area contributed by atoms with Crippen LogP contribution in [0.5, 0.6) is 0 Å². The fourth-order valence-corrected chi connectivity index (χ4v) is 3.66. The van der Waals surface area contributed by atoms with Crippen LogP contribution in [0.1, 0.15) is 18.5 Å². The van der Waals surface area contributed by atoms with Crippen molar-refractivity contribution in [3.8, 4) is 5.69 Å². The van der Waals surface area contributed by atoms with E-state index >= 15 is 0 Å². The molecule has 4 rings (SSSR count). The number of hydrogen-bond donors (Lipinski definition) is 0. The average Bonchev–Trinajstić information content (AvgIpc) is 3.28. The summed E-state index contributed by atoms with van der Waals surface area (Å²) in [5.74, 6) is 0.703. The van der Waals surface area contributed by atoms with Gasteiger partial charge in [-0.15, -0.1) is 0 Å². The molecule has 4 heterocycles. The molecule has 0 N–H and O–H groups in total. The van der Waals surface area contributed by atoms with Crippen molar-refractivity contribution in [1.29, 1.82) is 0 Å². The van der Waals surface area contributed by atoms with Gasteiger partial charge in [0.1, 0.15) is 0 Å². The van der Waals surface area contributed by atoms with Crippen LogP contribution in [0, 0.1) is 5.92 Å². The van der Waals surface area contributed by atoms with E-state index in [9.17, 15) is 0 Å². The Morgan fingerprint density at radius 1 is 1.08 bits per heavy atom. The zero-order valence-electron chi connectivity index (χ0n) is 13.8. The van der Waals surface area contributed by atoms with Crippen molar-refractivity contribution < 1.29 is 0 Å². The molecule has 5 heteroatoms. The Kier molecular flexibility index (Phi) is 4.42. The number of pyridine rings is 1. The Hall–Kier alpha value is -2.40. The maximum atomic E-state index is 4.24. The molecule has 0 aromatic carbocycles. The molecule has 3 aromatic heterocycles. The number of nitrogens with zero attached hydrogens (tertiary/aromatic N) is 5. The molecule has 0 saturated carbocycles. The molecule has 3 aromatic rings. The highest BCUT2D eigenvalue weighted by atomic mass is 15.2. The summed E-state index contributed by atoms with van der Waals surface area (Å²) in [6.07, 6.45) is 14.3. The lowest BCUT2D eigenvalue weighted by Crippen LogP contribution is -2.36. The van der Waals surface area contributed by atoms with Crippen molar-refractivity contribution >= 4 is 0 Å². The Balaban J connectivity index is 1.43. The van der Waals surface area contributed by atoms with Gasteiger partial charge in [0, 0.05) is 50.1 Å². The van der Waals surface area contributed by atoms with Gasteiger partial charge in [-0.25, -0.2) is 4.98 Å². The first-order valence-corrected chi connectivity index (χ1v) is 8.63. The molecule has 1 saturated heterocycles. The summed E-state index contributed by atoms with van der Waals surface area (Å²) in [5.41, 5.74) is 2.45. The Morgan fingerprint density at radius 2 is 2.08 bits per heavy atom. The summed E-state index contributed by atoms with van der Waals surface area (Å²) in [6.45, 7) is 4.39. The summed E-state index contributed by atoms with van der Waals surface area (Å²) >= 11 is 0. The molecule has 124 valence electrons. The molecule has 0 radical (unpaired) electrons. The van der Waals surface area contributed by atoms with Crippen molar-refractivity contribution in [2.24, 2.45) is 5.92 Å². The Bertz CT molecular complexity index is 747. The van der Waals surface area contributed by atoms with E-state index in [0.717, 1.165) is 25.3 Å². The molecule has 0 bridgehead atoms. The van der Waals surface area contributed by atoms with Crippen molar-refractivity contribution in [3.05, 3.63) is 67.3 Å². The lowest BCUT2D eigenvalue weighted by molar-refractivity contribution is 0.154. The largest absolute Gasteiger partial charge is 0.337 e. The topological polar surface area (TPSA) is 38.9 Å². The predicted molar refractivity (Wildman–Crippen MR) is 93.8 cm³/mol. The van der Waals surface area contributed by atoms with Crippen molar-refractivity contribution in [2.75, 3.05) is 13.1 Å². The van der Waals surface area contributed by atoms with Crippen molar-refractivity contribution in [1.82, 2.24) is 24.0 Å². The van der Waals surface area contributed by atoms with Gasteiger partial charge >= 0.3 is 0 Å². The fourth-order valence-electron chi connectivity index (χ4n) is 3.66. The van der Waals surface area contributed by atoms with Crippen LogP contribution in [-0.2, 0) is 13.1 Å². The third-order valence-corrected chi connectivity index (χ3v) is 4.77. The average molecular weight is 321 g/mol. The normalized spacial score (nSPS) is 18.8. The number of rotatable bonds is 5. The predicted octanol–water partition coefficient (Wildman–Crippen LogP) is 2.98. The van der Waals surface area contributed by atoms with E-state index in [2.05, 4.69) is 54.6 Å². The molecule has 1 fully saturated rings. The molecular formula is C19H23N5. The monoisotopic (exact) mass is 321 g/mol. The maximum Gasteiger partial charge on any atom is 0.0946 e. The zero-order chi connectivity index (χ0) is 16.2. The summed E-state index contributed by atoms with van der Waals surface area (Å²) < 4.78 is 4.44. The second-order valence-electron chi connectivity index (χ2n) is 6.58. The third-order valence-electron chi connectivity index (χ3n) is 4.77. The van der Waals surface area contributed by atoms with Crippen LogP contribution in [0.15, 0.2) is 61.6 Å². The van der Waals surface area contributed by atoms with Crippen LogP contribution in [0.3, 0.4) is 0 Å². The highest BCUT2D eigenvalue weighted by molar-refractivity contribution is 5.32. The molecule has 24 heavy (non-hydrogen) atoms. The first-order chi connectivity index (χ1) is 11.9. The fraction of sp³-hybridized carbons (Fsp3) is 0.368. The minimum absolute atomic E-state index is 0.703. The van der Waals surface area contributed by atoms with Gasteiger partial charge in [-0.05, 0) is 49.6 Å². The maximum absolute atomic E-state index is 4.24. The number of piperidine rings is 1. The first kappa shape index (κ1) is 15.1. The SMILES string of the molecule is c1cncc(-n2cccc2CN2CCC[C@@H](Cn3ccnc3)C2)c1. The summed E-state index contributed by atoms with van der Waals surface area (Å²) in [5, 5.41) is 0. The van der Waals surface area contributed by atoms with Crippen LogP contribution in [0.25, 0.3) is 5.69 Å². The van der Waals surface area contributed by atoms with E-state index in [-0.39, 0.29) is 0 Å². The van der Waals surface area contributed by atoms with E-state index in [0.29, 0.717) is 5.92 Å². The minimum atomic E-state index is 0.703. The van der Waals surface area contributed by atoms with Crippen LogP contribution in [0.2, 0.25) is 0 Å². The lowest BCUT2D eigenvalue weighted by Gasteiger charge is -2.33. The number of likely N-dealkylation sites (tertiary alicyclic amines) is 1. The molecule has 0 spiro atoms. The van der Waals surface area contributed by atoms with E-state index in [1.165, 1.54) is 25.1 Å². The number of aromatic nitrogens is 4. The second-order valence-corrected chi connectivity index (χ2v) is 6.58. The van der Waals surface area contributed by atoms with E-state index < -0.39 is 0 Å². The molecule has 5 nitrogen and oxygen atoms in total. The lowest BCUT2D eigenvalue weighted by atomic mass is 9.98. The molecule has 1 atom stereocenters. The molecule has 0 unspecified atom stereocenters. The van der Waals surface area contributed by atoms with Crippen molar-refractivity contribution in [3.63, 3.8) is 0 Å². The van der Waals surface area contributed by atoms with Gasteiger partial charge in [-0.1, -0.05) is 0 Å². The van der Waals surface area contributed by atoms with Crippen LogP contribution < -0.4 is 0 Å². The van der Waals surface area contributed by atoms with Gasteiger partial charge in [0.2, 0.25) is 0 Å². The standard InChI is InChI=1S/C19H23N5/c1-5-18(12-20-7-1)24-10-3-6-19(24)15-22-9-2-4-17(13-22)14-23-11-8-21-16-23/h1,3,5-8,10-12,16-17H,2,4,9,13-15H2/t17-/m1/s1. The highest BCUT2D eigenvalue weighted by Crippen LogP contribution is 2.21. The summed E-state index contributed by atoms with van der Waals surface area (Å²) in [4.78, 5) is 11.0. The second kappa shape index (κ2) is 7.01. The van der Waals surface area contributed by atoms with Gasteiger partial charge in [-0.3, -0.25) is 9.88 Å². The molecule has 0 amide bonds. The number of imidazole rings is 1. The summed E-state index contributed by atoms with van der Waals surface area (Å²) in [6, 6.07) is 8.43. The van der Waals surface area contributed by atoms with E-state index in [1.54, 1.807) is 0 Å². The first-order valence-electron chi connectivity index (χ1n) is 8.63. The van der Waals surface area contributed by atoms with Gasteiger partial charge in [0.05, 0.1) is 18.2 Å². The van der Waals surface area contributed by atoms with Gasteiger partial charge < -0.3 is 9.13 Å². The third kappa shape index (κ3) is 3.41. The van der Waals surface area contributed by atoms with Gasteiger partial charge in [-0.2, -0.15) is 0 Å². The smallest absolute Gasteiger partial charge is 0.0946 e. The quantitative estimate of drug-likeness (QED) is 0.725. The Labute approximate surface area is 142 Å². The number of hydrogen-bond acceptors (Lipinski definition) is 3. The Morgan fingerprint density at radius 3 is 2.92 bits per heavy atom. The van der Waals surface area contributed by atoms with E-state index in [4.69, 9.17) is 0 Å². The van der Waals surface area contributed by atoms with Crippen LogP contribution in [0.4, 0.5) is 0 Å².